The third-order valence-corrected chi connectivity index (χ3v) is 1.98. The van der Waals surface area contributed by atoms with Crippen molar-refractivity contribution in [3.8, 4) is 0 Å². The summed E-state index contributed by atoms with van der Waals surface area (Å²) in [6.45, 7) is 4.31. The topological polar surface area (TPSA) is 54.0 Å². The first-order valence-electron chi connectivity index (χ1n) is 4.38. The number of carbonyl (C=O) groups is 1. The van der Waals surface area contributed by atoms with E-state index >= 15 is 0 Å². The van der Waals surface area contributed by atoms with E-state index in [9.17, 15) is 4.79 Å². The maximum Gasteiger partial charge on any atom is 0.269 e. The molecule has 0 atom stereocenters. The third kappa shape index (κ3) is 3.71. The molecule has 0 aromatic carbocycles. The van der Waals surface area contributed by atoms with Gasteiger partial charge in [-0.3, -0.25) is 9.78 Å². The Hall–Kier alpha value is -1.36. The van der Waals surface area contributed by atoms with Crippen LogP contribution in [0.3, 0.4) is 0 Å². The van der Waals surface area contributed by atoms with Crippen molar-refractivity contribution in [2.24, 2.45) is 0 Å². The summed E-state index contributed by atoms with van der Waals surface area (Å²) in [7, 11) is 1.57. The first kappa shape index (κ1) is 11.7. The van der Waals surface area contributed by atoms with Crippen LogP contribution in [0.2, 0.25) is 0 Å². The minimum atomic E-state index is -0.198. The van der Waals surface area contributed by atoms with Gasteiger partial charge in [0.2, 0.25) is 0 Å². The van der Waals surface area contributed by atoms with Crippen molar-refractivity contribution in [3.63, 3.8) is 0 Å². The predicted molar refractivity (Wildman–Crippen MR) is 64.2 cm³/mol. The fraction of sp³-hybridized carbons (Fsp3) is 0.200. The van der Waals surface area contributed by atoms with E-state index < -0.39 is 0 Å². The average molecular weight is 270 g/mol. The molecule has 5 heteroatoms. The van der Waals surface area contributed by atoms with E-state index in [1.165, 1.54) is 0 Å². The van der Waals surface area contributed by atoms with Gasteiger partial charge < -0.3 is 10.6 Å². The Morgan fingerprint density at radius 2 is 2.40 bits per heavy atom. The summed E-state index contributed by atoms with van der Waals surface area (Å²) in [6, 6.07) is 3.48. The molecule has 1 heterocycles. The van der Waals surface area contributed by atoms with Gasteiger partial charge in [-0.2, -0.15) is 0 Å². The van der Waals surface area contributed by atoms with Crippen molar-refractivity contribution in [1.29, 1.82) is 0 Å². The number of hydrogen-bond donors (Lipinski definition) is 2. The fourth-order valence-corrected chi connectivity index (χ4v) is 1.13. The molecule has 4 nitrogen and oxygen atoms in total. The van der Waals surface area contributed by atoms with Gasteiger partial charge in [-0.25, -0.2) is 0 Å². The lowest BCUT2D eigenvalue weighted by molar-refractivity contribution is 0.0958. The quantitative estimate of drug-likeness (QED) is 0.876. The number of pyridine rings is 1. The lowest BCUT2D eigenvalue weighted by Gasteiger charge is -2.06. The summed E-state index contributed by atoms with van der Waals surface area (Å²) in [5.41, 5.74) is 1.23. The van der Waals surface area contributed by atoms with Crippen LogP contribution < -0.4 is 10.6 Å². The Labute approximate surface area is 96.9 Å². The lowest BCUT2D eigenvalue weighted by atomic mass is 10.3. The second-order valence-electron chi connectivity index (χ2n) is 2.88. The SMILES string of the molecule is C=C(Br)CNc1ccnc(C(=O)NC)c1. The van der Waals surface area contributed by atoms with E-state index in [0.717, 1.165) is 10.2 Å². The van der Waals surface area contributed by atoms with Crippen LogP contribution in [0.5, 0.6) is 0 Å². The largest absolute Gasteiger partial charge is 0.380 e. The molecule has 0 fully saturated rings. The normalized spacial score (nSPS) is 9.47. The lowest BCUT2D eigenvalue weighted by Crippen LogP contribution is -2.19. The molecule has 0 spiro atoms. The number of aromatic nitrogens is 1. The summed E-state index contributed by atoms with van der Waals surface area (Å²) >= 11 is 3.24. The summed E-state index contributed by atoms with van der Waals surface area (Å²) in [5, 5.41) is 5.61. The number of anilines is 1. The maximum atomic E-state index is 11.3. The summed E-state index contributed by atoms with van der Waals surface area (Å²) in [5.74, 6) is -0.198. The number of hydrogen-bond acceptors (Lipinski definition) is 3. The van der Waals surface area contributed by atoms with E-state index in [1.807, 2.05) is 0 Å². The molecule has 1 aromatic heterocycles. The second kappa shape index (κ2) is 5.50. The second-order valence-corrected chi connectivity index (χ2v) is 4.00. The molecule has 0 aliphatic rings. The van der Waals surface area contributed by atoms with Crippen molar-refractivity contribution >= 4 is 27.5 Å². The minimum Gasteiger partial charge on any atom is -0.380 e. The van der Waals surface area contributed by atoms with Crippen molar-refractivity contribution in [2.75, 3.05) is 18.9 Å². The molecule has 1 aromatic rings. The standard InChI is InChI=1S/C10H12BrN3O/c1-7(11)6-14-8-3-4-13-9(5-8)10(15)12-2/h3-5H,1,6H2,2H3,(H,12,15)(H,13,14). The molecule has 15 heavy (non-hydrogen) atoms. The molecule has 0 aliphatic heterocycles. The Morgan fingerprint density at radius 3 is 3.00 bits per heavy atom. The van der Waals surface area contributed by atoms with Gasteiger partial charge in [-0.05, 0) is 12.1 Å². The highest BCUT2D eigenvalue weighted by Crippen LogP contribution is 2.09. The van der Waals surface area contributed by atoms with Crippen LogP contribution >= 0.6 is 15.9 Å². The van der Waals surface area contributed by atoms with Gasteiger partial charge in [0.25, 0.3) is 5.91 Å². The fourth-order valence-electron chi connectivity index (χ4n) is 0.991. The third-order valence-electron chi connectivity index (χ3n) is 1.70. The molecule has 0 aliphatic carbocycles. The smallest absolute Gasteiger partial charge is 0.269 e. The van der Waals surface area contributed by atoms with Crippen LogP contribution in [0.25, 0.3) is 0 Å². The van der Waals surface area contributed by atoms with Crippen LogP contribution in [-0.2, 0) is 0 Å². The van der Waals surface area contributed by atoms with Gasteiger partial charge in [0.15, 0.2) is 0 Å². The zero-order valence-corrected chi connectivity index (χ0v) is 9.97. The Balaban J connectivity index is 2.74. The molecule has 0 saturated heterocycles. The first-order chi connectivity index (χ1) is 7.13. The molecule has 2 N–H and O–H groups in total. The van der Waals surface area contributed by atoms with E-state index in [-0.39, 0.29) is 5.91 Å². The Bertz CT molecular complexity index is 379. The summed E-state index contributed by atoms with van der Waals surface area (Å²) < 4.78 is 0.848. The average Bonchev–Trinajstić information content (AvgIpc) is 2.25. The van der Waals surface area contributed by atoms with Crippen molar-refractivity contribution in [3.05, 3.63) is 35.1 Å². The first-order valence-corrected chi connectivity index (χ1v) is 5.18. The van der Waals surface area contributed by atoms with Gasteiger partial charge in [0.05, 0.1) is 0 Å². The van der Waals surface area contributed by atoms with Crippen LogP contribution in [0.15, 0.2) is 29.4 Å². The number of halogens is 1. The predicted octanol–water partition coefficient (Wildman–Crippen LogP) is 1.76. The monoisotopic (exact) mass is 269 g/mol. The highest BCUT2D eigenvalue weighted by atomic mass is 79.9. The minimum absolute atomic E-state index is 0.198. The van der Waals surface area contributed by atoms with E-state index in [1.54, 1.807) is 25.4 Å². The summed E-state index contributed by atoms with van der Waals surface area (Å²) in [4.78, 5) is 15.2. The molecular formula is C10H12BrN3O. The van der Waals surface area contributed by atoms with Crippen LogP contribution in [0.1, 0.15) is 10.5 Å². The van der Waals surface area contributed by atoms with Gasteiger partial charge in [0, 0.05) is 30.0 Å². The molecule has 0 unspecified atom stereocenters. The molecule has 0 radical (unpaired) electrons. The van der Waals surface area contributed by atoms with Gasteiger partial charge in [-0.15, -0.1) is 0 Å². The molecule has 0 saturated carbocycles. The number of carbonyl (C=O) groups excluding carboxylic acids is 1. The van der Waals surface area contributed by atoms with Gasteiger partial charge in [0.1, 0.15) is 5.69 Å². The van der Waals surface area contributed by atoms with E-state index in [0.29, 0.717) is 12.2 Å². The van der Waals surface area contributed by atoms with Crippen molar-refractivity contribution < 1.29 is 4.79 Å². The van der Waals surface area contributed by atoms with Gasteiger partial charge in [-0.1, -0.05) is 22.5 Å². The maximum absolute atomic E-state index is 11.3. The molecular weight excluding hydrogens is 258 g/mol. The van der Waals surface area contributed by atoms with Gasteiger partial charge >= 0.3 is 0 Å². The van der Waals surface area contributed by atoms with Crippen molar-refractivity contribution in [2.45, 2.75) is 0 Å². The zero-order valence-electron chi connectivity index (χ0n) is 8.38. The van der Waals surface area contributed by atoms with E-state index in [2.05, 4.69) is 38.1 Å². The number of amides is 1. The summed E-state index contributed by atoms with van der Waals surface area (Å²) in [6.07, 6.45) is 1.59. The number of nitrogens with zero attached hydrogens (tertiary/aromatic N) is 1. The van der Waals surface area contributed by atoms with E-state index in [4.69, 9.17) is 0 Å². The molecule has 0 bridgehead atoms. The molecule has 1 amide bonds. The van der Waals surface area contributed by atoms with Crippen LogP contribution in [0, 0.1) is 0 Å². The zero-order chi connectivity index (χ0) is 11.3. The van der Waals surface area contributed by atoms with Crippen LogP contribution in [-0.4, -0.2) is 24.5 Å². The molecule has 1 rings (SSSR count). The van der Waals surface area contributed by atoms with Crippen LogP contribution in [0.4, 0.5) is 5.69 Å². The Kier molecular flexibility index (Phi) is 4.30. The molecule has 80 valence electrons. The number of rotatable bonds is 4. The highest BCUT2D eigenvalue weighted by molar-refractivity contribution is 9.11. The number of nitrogens with one attached hydrogen (secondary N) is 2. The highest BCUT2D eigenvalue weighted by Gasteiger charge is 2.04. The Morgan fingerprint density at radius 1 is 1.67 bits per heavy atom. The van der Waals surface area contributed by atoms with Crippen molar-refractivity contribution in [1.82, 2.24) is 10.3 Å².